The molecule has 1 aliphatic rings. The first-order valence-corrected chi connectivity index (χ1v) is 2.82. The first-order valence-electron chi connectivity index (χ1n) is 2.82. The lowest BCUT2D eigenvalue weighted by atomic mass is 10.1. The maximum absolute atomic E-state index is 10.5. The third-order valence-electron chi connectivity index (χ3n) is 1.23. The molecular formula is C6H7O3-. The van der Waals surface area contributed by atoms with Crippen molar-refractivity contribution in [2.75, 3.05) is 6.61 Å². The summed E-state index contributed by atoms with van der Waals surface area (Å²) in [5, 5.41) is 10.0. The Balaban J connectivity index is 2.60. The molecule has 3 heteroatoms. The van der Waals surface area contributed by atoms with E-state index in [1.807, 2.05) is 0 Å². The minimum absolute atomic E-state index is 0.265. The van der Waals surface area contributed by atoms with Gasteiger partial charge in [-0.05, 0) is 12.8 Å². The molecular weight excluding hydrogens is 120 g/mol. The summed E-state index contributed by atoms with van der Waals surface area (Å²) in [5.41, 5.74) is 0.265. The van der Waals surface area contributed by atoms with Crippen LogP contribution in [-0.4, -0.2) is 12.6 Å². The summed E-state index contributed by atoms with van der Waals surface area (Å²) < 4.78 is 4.57. The predicted molar refractivity (Wildman–Crippen MR) is 28.3 cm³/mol. The molecule has 0 unspecified atom stereocenters. The van der Waals surface area contributed by atoms with Crippen molar-refractivity contribution in [3.8, 4) is 0 Å². The van der Waals surface area contributed by atoms with Gasteiger partial charge in [-0.15, -0.1) is 6.26 Å². The van der Waals surface area contributed by atoms with E-state index in [-0.39, 0.29) is 5.57 Å². The molecule has 1 fully saturated rings. The molecule has 3 nitrogen and oxygen atoms in total. The summed E-state index contributed by atoms with van der Waals surface area (Å²) in [7, 11) is 0. The molecule has 0 aromatic heterocycles. The van der Waals surface area contributed by atoms with E-state index in [4.69, 9.17) is 0 Å². The Morgan fingerprint density at radius 2 is 2.44 bits per heavy atom. The van der Waals surface area contributed by atoms with E-state index in [0.717, 1.165) is 6.42 Å². The van der Waals surface area contributed by atoms with Crippen molar-refractivity contribution < 1.29 is 14.6 Å². The zero-order chi connectivity index (χ0) is 6.69. The van der Waals surface area contributed by atoms with Crippen molar-refractivity contribution in [1.82, 2.24) is 0 Å². The Morgan fingerprint density at radius 3 is 2.89 bits per heavy atom. The molecule has 50 valence electrons. The zero-order valence-electron chi connectivity index (χ0n) is 4.92. The highest BCUT2D eigenvalue weighted by Gasteiger charge is 2.12. The molecule has 0 radical (unpaired) electrons. The minimum atomic E-state index is -0.448. The molecule has 0 aromatic rings. The van der Waals surface area contributed by atoms with Gasteiger partial charge in [0.2, 0.25) is 0 Å². The van der Waals surface area contributed by atoms with Crippen LogP contribution in [0.4, 0.5) is 0 Å². The van der Waals surface area contributed by atoms with E-state index >= 15 is 0 Å². The normalized spacial score (nSPS) is 24.0. The van der Waals surface area contributed by atoms with Crippen LogP contribution in [0.5, 0.6) is 0 Å². The van der Waals surface area contributed by atoms with Crippen LogP contribution < -0.4 is 5.11 Å². The van der Waals surface area contributed by atoms with Gasteiger partial charge in [-0.1, -0.05) is 0 Å². The van der Waals surface area contributed by atoms with Crippen LogP contribution in [0.15, 0.2) is 11.8 Å². The molecule has 0 bridgehead atoms. The van der Waals surface area contributed by atoms with Crippen LogP contribution in [0.1, 0.15) is 12.8 Å². The van der Waals surface area contributed by atoms with Gasteiger partial charge in [0.05, 0.1) is 6.61 Å². The van der Waals surface area contributed by atoms with Crippen LogP contribution in [0.25, 0.3) is 0 Å². The quantitative estimate of drug-likeness (QED) is 0.252. The Morgan fingerprint density at radius 1 is 1.67 bits per heavy atom. The summed E-state index contributed by atoms with van der Waals surface area (Å²) in [6.45, 7) is 0.455. The zero-order valence-corrected chi connectivity index (χ0v) is 4.92. The Labute approximate surface area is 52.9 Å². The summed E-state index contributed by atoms with van der Waals surface area (Å²) in [4.78, 5) is 10.5. The Hall–Kier alpha value is -0.990. The fraction of sp³-hybridized carbons (Fsp3) is 0.500. The van der Waals surface area contributed by atoms with E-state index in [9.17, 15) is 9.90 Å². The number of rotatable bonds is 0. The molecule has 9 heavy (non-hydrogen) atoms. The first kappa shape index (κ1) is 6.13. The molecule has 0 aliphatic carbocycles. The number of esters is 1. The topological polar surface area (TPSA) is 49.4 Å². The molecule has 0 N–H and O–H groups in total. The fourth-order valence-electron chi connectivity index (χ4n) is 0.729. The van der Waals surface area contributed by atoms with Crippen molar-refractivity contribution in [2.45, 2.75) is 12.8 Å². The summed E-state index contributed by atoms with van der Waals surface area (Å²) in [6.07, 6.45) is 1.92. The number of carbonyl (C=O) groups is 1. The third-order valence-corrected chi connectivity index (χ3v) is 1.23. The van der Waals surface area contributed by atoms with Gasteiger partial charge in [-0.2, -0.15) is 0 Å². The Kier molecular flexibility index (Phi) is 1.72. The van der Waals surface area contributed by atoms with Crippen LogP contribution in [0.3, 0.4) is 0 Å². The first-order chi connectivity index (χ1) is 4.34. The van der Waals surface area contributed by atoms with Gasteiger partial charge >= 0.3 is 5.97 Å². The van der Waals surface area contributed by atoms with Crippen molar-refractivity contribution in [3.63, 3.8) is 0 Å². The van der Waals surface area contributed by atoms with Crippen LogP contribution in [0.2, 0.25) is 0 Å². The summed E-state index contributed by atoms with van der Waals surface area (Å²) >= 11 is 0. The molecule has 1 rings (SSSR count). The standard InChI is InChI=1S/C6H8O3/c7-4-5-2-1-3-9-6(5)8/h4,7H,1-3H2/p-1/b5-4+. The molecule has 1 saturated heterocycles. The van der Waals surface area contributed by atoms with Crippen LogP contribution in [-0.2, 0) is 9.53 Å². The second kappa shape index (κ2) is 2.53. The van der Waals surface area contributed by atoms with Gasteiger partial charge in [-0.3, -0.25) is 0 Å². The SMILES string of the molecule is O=C1OCCC/C1=C\[O-]. The average Bonchev–Trinajstić information content (AvgIpc) is 1.89. The maximum Gasteiger partial charge on any atom is 0.332 e. The molecule has 0 amide bonds. The van der Waals surface area contributed by atoms with Crippen molar-refractivity contribution >= 4 is 5.97 Å². The van der Waals surface area contributed by atoms with E-state index < -0.39 is 5.97 Å². The molecule has 0 atom stereocenters. The average molecular weight is 127 g/mol. The van der Waals surface area contributed by atoms with E-state index in [1.165, 1.54) is 0 Å². The highest BCUT2D eigenvalue weighted by molar-refractivity contribution is 5.88. The molecule has 0 saturated carbocycles. The Bertz CT molecular complexity index is 148. The van der Waals surface area contributed by atoms with Crippen molar-refractivity contribution in [3.05, 3.63) is 11.8 Å². The summed E-state index contributed by atoms with van der Waals surface area (Å²) in [6, 6.07) is 0. The third kappa shape index (κ3) is 1.22. The number of hydrogen-bond donors (Lipinski definition) is 0. The minimum Gasteiger partial charge on any atom is -0.878 e. The molecule has 1 heterocycles. The van der Waals surface area contributed by atoms with Crippen molar-refractivity contribution in [1.29, 1.82) is 0 Å². The van der Waals surface area contributed by atoms with Gasteiger partial charge < -0.3 is 9.84 Å². The highest BCUT2D eigenvalue weighted by Crippen LogP contribution is 2.11. The van der Waals surface area contributed by atoms with Gasteiger partial charge in [0.1, 0.15) is 0 Å². The molecule has 0 aromatic carbocycles. The number of hydrogen-bond acceptors (Lipinski definition) is 3. The highest BCUT2D eigenvalue weighted by atomic mass is 16.5. The van der Waals surface area contributed by atoms with E-state index in [2.05, 4.69) is 4.74 Å². The second-order valence-corrected chi connectivity index (χ2v) is 1.88. The van der Waals surface area contributed by atoms with Crippen LogP contribution in [0, 0.1) is 0 Å². The smallest absolute Gasteiger partial charge is 0.332 e. The molecule has 1 aliphatic heterocycles. The largest absolute Gasteiger partial charge is 0.878 e. The number of ether oxygens (including phenoxy) is 1. The van der Waals surface area contributed by atoms with Gasteiger partial charge in [-0.25, -0.2) is 4.79 Å². The monoisotopic (exact) mass is 127 g/mol. The van der Waals surface area contributed by atoms with Gasteiger partial charge in [0, 0.05) is 5.57 Å². The van der Waals surface area contributed by atoms with E-state index in [0.29, 0.717) is 19.3 Å². The number of cyclic esters (lactones) is 1. The lowest BCUT2D eigenvalue weighted by molar-refractivity contribution is -0.276. The second-order valence-electron chi connectivity index (χ2n) is 1.88. The van der Waals surface area contributed by atoms with Gasteiger partial charge in [0.25, 0.3) is 0 Å². The van der Waals surface area contributed by atoms with Crippen molar-refractivity contribution in [2.24, 2.45) is 0 Å². The predicted octanol–water partition coefficient (Wildman–Crippen LogP) is -0.432. The summed E-state index contributed by atoms with van der Waals surface area (Å²) in [5.74, 6) is -0.448. The number of carbonyl (C=O) groups excluding carboxylic acids is 1. The fourth-order valence-corrected chi connectivity index (χ4v) is 0.729. The van der Waals surface area contributed by atoms with E-state index in [1.54, 1.807) is 0 Å². The lowest BCUT2D eigenvalue weighted by Gasteiger charge is -2.14. The molecule has 0 spiro atoms. The van der Waals surface area contributed by atoms with Crippen LogP contribution >= 0.6 is 0 Å². The maximum atomic E-state index is 10.5. The van der Waals surface area contributed by atoms with Gasteiger partial charge in [0.15, 0.2) is 0 Å². The lowest BCUT2D eigenvalue weighted by Crippen LogP contribution is -2.16.